The number of rotatable bonds is 6. The van der Waals surface area contributed by atoms with E-state index in [1.54, 1.807) is 53.7 Å². The molecule has 1 fully saturated rings. The van der Waals surface area contributed by atoms with Crippen LogP contribution >= 0.6 is 0 Å². The molecule has 1 unspecified atom stereocenters. The van der Waals surface area contributed by atoms with E-state index in [9.17, 15) is 24.3 Å². The molecule has 13 heteroatoms. The van der Waals surface area contributed by atoms with Gasteiger partial charge in [-0.25, -0.2) is 19.2 Å². The Bertz CT molecular complexity index is 1470. The number of aliphatic hydroxyl groups is 1. The van der Waals surface area contributed by atoms with Gasteiger partial charge in [0, 0.05) is 18.0 Å². The minimum absolute atomic E-state index is 0.128. The molecule has 2 heterocycles. The molecule has 1 N–H and O–H groups in total. The van der Waals surface area contributed by atoms with Gasteiger partial charge >= 0.3 is 24.2 Å². The molecular weight excluding hydrogens is 602 g/mol. The Labute approximate surface area is 268 Å². The van der Waals surface area contributed by atoms with E-state index in [0.717, 1.165) is 11.1 Å². The average molecular weight is 646 g/mol. The number of carbonyl (C=O) groups is 4. The Hall–Kier alpha value is -3.84. The molecule has 0 aromatic heterocycles. The Morgan fingerprint density at radius 3 is 2.22 bits per heavy atom. The largest absolute Gasteiger partial charge is 0.514 e. The highest BCUT2D eigenvalue weighted by atomic mass is 16.7. The van der Waals surface area contributed by atoms with Gasteiger partial charge in [0.1, 0.15) is 17.0 Å². The molecule has 0 amide bonds. The first-order valence-electron chi connectivity index (χ1n) is 15.4. The zero-order chi connectivity index (χ0) is 34.0. The summed E-state index contributed by atoms with van der Waals surface area (Å²) in [5.41, 5.74) is -2.25. The van der Waals surface area contributed by atoms with Gasteiger partial charge in [-0.3, -0.25) is 0 Å². The number of esters is 2. The number of benzene rings is 1. The van der Waals surface area contributed by atoms with E-state index in [1.807, 2.05) is 13.1 Å². The highest BCUT2D eigenvalue weighted by Crippen LogP contribution is 2.65. The standard InChI is InChI=1S/C33H43NO12/c1-17(40-26(35)18(2)41-28(37)45-30(3,4)5)27(36)42-21-12-13-33(39)22-16-19-10-11-20(43-29(38)46-31(6,7)8)24-23(19)32(33,25(21)44-24)14-15-34(22)9/h10-12,17-18,22,25,39H,13-16H2,1-9H3/t17-,18-,22?,25-,32-,33-/m0/s1. The molecule has 4 aliphatic rings. The summed E-state index contributed by atoms with van der Waals surface area (Å²) in [6.07, 6.45) is -2.83. The number of likely N-dealkylation sites (N-methyl/N-ethyl adjacent to an activating group) is 1. The molecular formula is C33H43NO12. The lowest BCUT2D eigenvalue weighted by atomic mass is 9.50. The molecule has 13 nitrogen and oxygen atoms in total. The van der Waals surface area contributed by atoms with Crippen LogP contribution in [0.15, 0.2) is 24.0 Å². The first kappa shape index (κ1) is 33.5. The summed E-state index contributed by atoms with van der Waals surface area (Å²) < 4.78 is 38.6. The summed E-state index contributed by atoms with van der Waals surface area (Å²) in [6.45, 7) is 13.4. The van der Waals surface area contributed by atoms with E-state index < -0.39 is 64.8 Å². The Morgan fingerprint density at radius 2 is 1.57 bits per heavy atom. The van der Waals surface area contributed by atoms with Crippen molar-refractivity contribution in [1.82, 2.24) is 4.90 Å². The zero-order valence-electron chi connectivity index (χ0n) is 27.8. The van der Waals surface area contributed by atoms with E-state index in [1.165, 1.54) is 13.8 Å². The van der Waals surface area contributed by atoms with Crippen molar-refractivity contribution >= 4 is 24.2 Å². The SMILES string of the molecule is C[C@H](OC(=O)OC(C)(C)C)C(=O)O[C@@H](C)C(=O)OC1=CC[C@]2(O)C3Cc4ccc(OC(=O)OC(C)(C)C)c5c4[C@@]2(CCN3C)[C@H]1O5. The lowest BCUT2D eigenvalue weighted by molar-refractivity contribution is -0.178. The first-order chi connectivity index (χ1) is 21.3. The second kappa shape index (κ2) is 11.4. The molecule has 1 aromatic rings. The van der Waals surface area contributed by atoms with E-state index in [0.29, 0.717) is 19.4 Å². The van der Waals surface area contributed by atoms with Crippen LogP contribution in [-0.2, 0) is 45.1 Å². The maximum Gasteiger partial charge on any atom is 0.514 e. The predicted octanol–water partition coefficient (Wildman–Crippen LogP) is 4.09. The summed E-state index contributed by atoms with van der Waals surface area (Å²) >= 11 is 0. The average Bonchev–Trinajstić information content (AvgIpc) is 3.27. The molecule has 2 bridgehead atoms. The highest BCUT2D eigenvalue weighted by Gasteiger charge is 2.72. The minimum Gasteiger partial charge on any atom is -0.477 e. The molecule has 5 rings (SSSR count). The van der Waals surface area contributed by atoms with Crippen molar-refractivity contribution in [2.24, 2.45) is 0 Å². The smallest absolute Gasteiger partial charge is 0.477 e. The van der Waals surface area contributed by atoms with Crippen LogP contribution in [0.3, 0.4) is 0 Å². The topological polar surface area (TPSA) is 156 Å². The molecule has 46 heavy (non-hydrogen) atoms. The fourth-order valence-corrected chi connectivity index (χ4v) is 6.85. The third-order valence-corrected chi connectivity index (χ3v) is 8.76. The monoisotopic (exact) mass is 645 g/mol. The number of nitrogens with zero attached hydrogens (tertiary/aromatic N) is 1. The molecule has 1 saturated heterocycles. The van der Waals surface area contributed by atoms with Crippen molar-refractivity contribution in [2.45, 2.75) is 121 Å². The Balaban J connectivity index is 1.38. The number of hydrogen-bond acceptors (Lipinski definition) is 13. The molecule has 2 aliphatic carbocycles. The van der Waals surface area contributed by atoms with E-state index in [2.05, 4.69) is 4.90 Å². The number of hydrogen-bond donors (Lipinski definition) is 1. The van der Waals surface area contributed by atoms with Crippen LogP contribution < -0.4 is 9.47 Å². The fraction of sp³-hybridized carbons (Fsp3) is 0.636. The van der Waals surface area contributed by atoms with Gasteiger partial charge in [0.2, 0.25) is 0 Å². The number of ether oxygens (including phenoxy) is 7. The van der Waals surface area contributed by atoms with Crippen LogP contribution in [0.4, 0.5) is 9.59 Å². The molecule has 2 aliphatic heterocycles. The summed E-state index contributed by atoms with van der Waals surface area (Å²) in [5, 5.41) is 12.4. The molecule has 1 aromatic carbocycles. The number of likely N-dealkylation sites (tertiary alicyclic amines) is 1. The fourth-order valence-electron chi connectivity index (χ4n) is 6.85. The predicted molar refractivity (Wildman–Crippen MR) is 160 cm³/mol. The van der Waals surface area contributed by atoms with Crippen LogP contribution in [0.2, 0.25) is 0 Å². The zero-order valence-corrected chi connectivity index (χ0v) is 27.8. The Morgan fingerprint density at radius 1 is 0.935 bits per heavy atom. The Kier molecular flexibility index (Phi) is 8.34. The lowest BCUT2D eigenvalue weighted by Gasteiger charge is -2.61. The maximum atomic E-state index is 13.3. The van der Waals surface area contributed by atoms with Crippen LogP contribution in [0.1, 0.15) is 79.4 Å². The molecule has 0 radical (unpaired) electrons. The molecule has 1 spiro atoms. The van der Waals surface area contributed by atoms with E-state index in [4.69, 9.17) is 33.2 Å². The molecule has 6 atom stereocenters. The van der Waals surface area contributed by atoms with Crippen molar-refractivity contribution < 1.29 is 57.4 Å². The second-order valence-electron chi connectivity index (χ2n) is 14.4. The first-order valence-corrected chi connectivity index (χ1v) is 15.4. The molecule has 252 valence electrons. The van der Waals surface area contributed by atoms with Crippen LogP contribution in [-0.4, -0.2) is 89.0 Å². The van der Waals surface area contributed by atoms with Crippen molar-refractivity contribution in [1.29, 1.82) is 0 Å². The van der Waals surface area contributed by atoms with E-state index >= 15 is 0 Å². The lowest BCUT2D eigenvalue weighted by Crippen LogP contribution is -2.74. The number of piperidine rings is 1. The summed E-state index contributed by atoms with van der Waals surface area (Å²) in [4.78, 5) is 52.6. The van der Waals surface area contributed by atoms with Gasteiger partial charge < -0.3 is 43.2 Å². The maximum absolute atomic E-state index is 13.3. The summed E-state index contributed by atoms with van der Waals surface area (Å²) in [5.74, 6) is -1.30. The third-order valence-electron chi connectivity index (χ3n) is 8.76. The molecule has 0 saturated carbocycles. The van der Waals surface area contributed by atoms with Crippen LogP contribution in [0.5, 0.6) is 11.5 Å². The van der Waals surface area contributed by atoms with Gasteiger partial charge in [-0.2, -0.15) is 0 Å². The third kappa shape index (κ3) is 5.90. The van der Waals surface area contributed by atoms with Gasteiger partial charge in [-0.05, 0) is 99.5 Å². The normalized spacial score (nSPS) is 27.6. The highest BCUT2D eigenvalue weighted by molar-refractivity contribution is 5.82. The van der Waals surface area contributed by atoms with E-state index in [-0.39, 0.29) is 29.7 Å². The summed E-state index contributed by atoms with van der Waals surface area (Å²) in [6, 6.07) is 3.26. The second-order valence-corrected chi connectivity index (χ2v) is 14.4. The van der Waals surface area contributed by atoms with Gasteiger partial charge in [-0.1, -0.05) is 6.07 Å². The van der Waals surface area contributed by atoms with Crippen molar-refractivity contribution in [3.63, 3.8) is 0 Å². The minimum atomic E-state index is -1.38. The quantitative estimate of drug-likeness (QED) is 0.268. The van der Waals surface area contributed by atoms with Gasteiger partial charge in [0.05, 0.1) is 11.0 Å². The summed E-state index contributed by atoms with van der Waals surface area (Å²) in [7, 11) is 1.97. The van der Waals surface area contributed by atoms with Crippen molar-refractivity contribution in [3.05, 3.63) is 35.1 Å². The van der Waals surface area contributed by atoms with Crippen molar-refractivity contribution in [2.75, 3.05) is 13.6 Å². The van der Waals surface area contributed by atoms with Gasteiger partial charge in [-0.15, -0.1) is 0 Å². The van der Waals surface area contributed by atoms with Crippen molar-refractivity contribution in [3.8, 4) is 11.5 Å². The van der Waals surface area contributed by atoms with Crippen LogP contribution in [0, 0.1) is 0 Å². The van der Waals surface area contributed by atoms with Gasteiger partial charge in [0.25, 0.3) is 0 Å². The van der Waals surface area contributed by atoms with Gasteiger partial charge in [0.15, 0.2) is 29.8 Å². The number of carbonyl (C=O) groups excluding carboxylic acids is 4. The van der Waals surface area contributed by atoms with Crippen LogP contribution in [0.25, 0.3) is 0 Å².